The Morgan fingerprint density at radius 1 is 1.14 bits per heavy atom. The molecule has 0 aromatic carbocycles. The molecule has 1 N–H and O–H groups in total. The summed E-state index contributed by atoms with van der Waals surface area (Å²) in [5, 5.41) is 9.20. The second-order valence-electron chi connectivity index (χ2n) is 6.16. The molecule has 0 aromatic heterocycles. The summed E-state index contributed by atoms with van der Waals surface area (Å²) < 4.78 is 37.4. The summed E-state index contributed by atoms with van der Waals surface area (Å²) >= 11 is 0. The first-order valence-electron chi connectivity index (χ1n) is 7.58. The molecule has 0 bridgehead atoms. The number of halogens is 3. The van der Waals surface area contributed by atoms with Crippen LogP contribution < -0.4 is 0 Å². The Bertz CT molecular complexity index is 363. The van der Waals surface area contributed by atoms with Crippen molar-refractivity contribution >= 4 is 5.91 Å². The van der Waals surface area contributed by atoms with Crippen molar-refractivity contribution in [2.24, 2.45) is 11.8 Å². The van der Waals surface area contributed by atoms with Gasteiger partial charge < -0.3 is 10.0 Å². The van der Waals surface area contributed by atoms with Crippen LogP contribution in [0.5, 0.6) is 0 Å². The van der Waals surface area contributed by atoms with Gasteiger partial charge in [0, 0.05) is 26.2 Å². The Balaban J connectivity index is 1.89. The van der Waals surface area contributed by atoms with E-state index in [1.807, 2.05) is 0 Å². The molecule has 0 aliphatic carbocycles. The SMILES string of the molecule is O=C(C1CCCN(CC(F)(F)F)C1)N1CCCC(CO)C1. The lowest BCUT2D eigenvalue weighted by molar-refractivity contribution is -0.155. The van der Waals surface area contributed by atoms with Crippen molar-refractivity contribution in [3.8, 4) is 0 Å². The second-order valence-corrected chi connectivity index (χ2v) is 6.16. The van der Waals surface area contributed by atoms with Crippen LogP contribution in [-0.4, -0.2) is 66.3 Å². The number of aliphatic hydroxyl groups excluding tert-OH is 1. The zero-order valence-corrected chi connectivity index (χ0v) is 12.1. The lowest BCUT2D eigenvalue weighted by Crippen LogP contribution is -2.49. The molecule has 2 rings (SSSR count). The number of aliphatic hydroxyl groups is 1. The Hall–Kier alpha value is -0.820. The molecule has 21 heavy (non-hydrogen) atoms. The summed E-state index contributed by atoms with van der Waals surface area (Å²) in [7, 11) is 0. The third-order valence-corrected chi connectivity index (χ3v) is 4.35. The van der Waals surface area contributed by atoms with Crippen LogP contribution in [0.25, 0.3) is 0 Å². The van der Waals surface area contributed by atoms with Gasteiger partial charge in [0.1, 0.15) is 0 Å². The number of likely N-dealkylation sites (tertiary alicyclic amines) is 2. The predicted octanol–water partition coefficient (Wildman–Crippen LogP) is 1.49. The maximum atomic E-state index is 12.5. The third-order valence-electron chi connectivity index (χ3n) is 4.35. The van der Waals surface area contributed by atoms with Gasteiger partial charge in [0.25, 0.3) is 0 Å². The summed E-state index contributed by atoms with van der Waals surface area (Å²) in [6.07, 6.45) is -1.16. The minimum atomic E-state index is -4.21. The van der Waals surface area contributed by atoms with Gasteiger partial charge in [0.2, 0.25) is 5.91 Å². The molecule has 2 atom stereocenters. The minimum Gasteiger partial charge on any atom is -0.396 e. The fourth-order valence-corrected chi connectivity index (χ4v) is 3.33. The first-order chi connectivity index (χ1) is 9.89. The van der Waals surface area contributed by atoms with E-state index in [2.05, 4.69) is 0 Å². The van der Waals surface area contributed by atoms with Gasteiger partial charge in [-0.3, -0.25) is 9.69 Å². The summed E-state index contributed by atoms with van der Waals surface area (Å²) in [6, 6.07) is 0. The van der Waals surface area contributed by atoms with Gasteiger partial charge in [-0.05, 0) is 38.1 Å². The molecular formula is C14H23F3N2O2. The number of amides is 1. The lowest BCUT2D eigenvalue weighted by Gasteiger charge is -2.38. The fraction of sp³-hybridized carbons (Fsp3) is 0.929. The van der Waals surface area contributed by atoms with Gasteiger partial charge in [0.15, 0.2) is 0 Å². The Morgan fingerprint density at radius 2 is 1.86 bits per heavy atom. The average Bonchev–Trinajstić information content (AvgIpc) is 2.45. The maximum absolute atomic E-state index is 12.5. The number of piperidine rings is 2. The largest absolute Gasteiger partial charge is 0.401 e. The van der Waals surface area contributed by atoms with Crippen LogP contribution in [0.1, 0.15) is 25.7 Å². The summed E-state index contributed by atoms with van der Waals surface area (Å²) in [6.45, 7) is 0.919. The van der Waals surface area contributed by atoms with Crippen molar-refractivity contribution in [3.05, 3.63) is 0 Å². The van der Waals surface area contributed by atoms with Gasteiger partial charge in [-0.25, -0.2) is 0 Å². The number of carbonyl (C=O) groups excluding carboxylic acids is 1. The highest BCUT2D eigenvalue weighted by molar-refractivity contribution is 5.79. The van der Waals surface area contributed by atoms with Crippen molar-refractivity contribution in [3.63, 3.8) is 0 Å². The van der Waals surface area contributed by atoms with Gasteiger partial charge >= 0.3 is 6.18 Å². The quantitative estimate of drug-likeness (QED) is 0.859. The van der Waals surface area contributed by atoms with Crippen molar-refractivity contribution in [2.75, 3.05) is 39.3 Å². The number of carbonyl (C=O) groups is 1. The van der Waals surface area contributed by atoms with Crippen LogP contribution >= 0.6 is 0 Å². The number of alkyl halides is 3. The predicted molar refractivity (Wildman–Crippen MR) is 71.6 cm³/mol. The molecule has 2 heterocycles. The van der Waals surface area contributed by atoms with Crippen LogP contribution in [-0.2, 0) is 4.79 Å². The average molecular weight is 308 g/mol. The van der Waals surface area contributed by atoms with Crippen molar-refractivity contribution < 1.29 is 23.1 Å². The molecule has 7 heteroatoms. The van der Waals surface area contributed by atoms with Gasteiger partial charge in [0.05, 0.1) is 12.5 Å². The lowest BCUT2D eigenvalue weighted by atomic mass is 9.93. The minimum absolute atomic E-state index is 0.0416. The summed E-state index contributed by atoms with van der Waals surface area (Å²) in [4.78, 5) is 15.5. The zero-order valence-electron chi connectivity index (χ0n) is 12.1. The molecule has 0 saturated carbocycles. The van der Waals surface area contributed by atoms with Gasteiger partial charge in [-0.2, -0.15) is 13.2 Å². The molecular weight excluding hydrogens is 285 g/mol. The summed E-state index contributed by atoms with van der Waals surface area (Å²) in [5.41, 5.74) is 0. The third kappa shape index (κ3) is 4.85. The molecule has 2 saturated heterocycles. The number of hydrogen-bond acceptors (Lipinski definition) is 3. The van der Waals surface area contributed by atoms with Crippen LogP contribution in [0.4, 0.5) is 13.2 Å². The van der Waals surface area contributed by atoms with Crippen molar-refractivity contribution in [1.29, 1.82) is 0 Å². The van der Waals surface area contributed by atoms with E-state index in [4.69, 9.17) is 0 Å². The Morgan fingerprint density at radius 3 is 2.52 bits per heavy atom. The van der Waals surface area contributed by atoms with E-state index in [9.17, 15) is 23.1 Å². The van der Waals surface area contributed by atoms with Crippen LogP contribution in [0.15, 0.2) is 0 Å². The monoisotopic (exact) mass is 308 g/mol. The van der Waals surface area contributed by atoms with Crippen molar-refractivity contribution in [1.82, 2.24) is 9.80 Å². The first kappa shape index (κ1) is 16.5. The highest BCUT2D eigenvalue weighted by Crippen LogP contribution is 2.25. The van der Waals surface area contributed by atoms with Crippen LogP contribution in [0.2, 0.25) is 0 Å². The Labute approximate surface area is 122 Å². The molecule has 2 aliphatic rings. The molecule has 2 aliphatic heterocycles. The molecule has 0 radical (unpaired) electrons. The number of rotatable bonds is 3. The van der Waals surface area contributed by atoms with E-state index in [0.717, 1.165) is 12.8 Å². The van der Waals surface area contributed by atoms with Gasteiger partial charge in [-0.15, -0.1) is 0 Å². The first-order valence-corrected chi connectivity index (χ1v) is 7.58. The standard InChI is InChI=1S/C14H23F3N2O2/c15-14(16,17)10-18-5-2-4-12(8-18)13(21)19-6-1-3-11(7-19)9-20/h11-12,20H,1-10H2. The van der Waals surface area contributed by atoms with Crippen LogP contribution in [0, 0.1) is 11.8 Å². The van der Waals surface area contributed by atoms with Crippen molar-refractivity contribution in [2.45, 2.75) is 31.9 Å². The smallest absolute Gasteiger partial charge is 0.396 e. The molecule has 2 fully saturated rings. The van der Waals surface area contributed by atoms with Gasteiger partial charge in [-0.1, -0.05) is 0 Å². The molecule has 122 valence electrons. The Kier molecular flexibility index (Phi) is 5.48. The highest BCUT2D eigenvalue weighted by atomic mass is 19.4. The molecule has 4 nitrogen and oxygen atoms in total. The van der Waals surface area contributed by atoms with E-state index >= 15 is 0 Å². The van der Waals surface area contributed by atoms with E-state index in [-0.39, 0.29) is 30.9 Å². The molecule has 0 spiro atoms. The fourth-order valence-electron chi connectivity index (χ4n) is 3.33. The van der Waals surface area contributed by atoms with E-state index in [1.165, 1.54) is 4.90 Å². The highest BCUT2D eigenvalue weighted by Gasteiger charge is 2.36. The molecule has 0 aromatic rings. The normalized spacial score (nSPS) is 28.7. The number of hydrogen-bond donors (Lipinski definition) is 1. The topological polar surface area (TPSA) is 43.8 Å². The maximum Gasteiger partial charge on any atom is 0.401 e. The second kappa shape index (κ2) is 6.96. The van der Waals surface area contributed by atoms with E-state index in [1.54, 1.807) is 4.90 Å². The zero-order chi connectivity index (χ0) is 15.5. The number of nitrogens with zero attached hydrogens (tertiary/aromatic N) is 2. The van der Waals surface area contributed by atoms with E-state index in [0.29, 0.717) is 32.5 Å². The molecule has 2 unspecified atom stereocenters. The summed E-state index contributed by atoms with van der Waals surface area (Å²) in [5.74, 6) is -0.267. The molecule has 1 amide bonds. The van der Waals surface area contributed by atoms with Crippen LogP contribution in [0.3, 0.4) is 0 Å². The van der Waals surface area contributed by atoms with E-state index < -0.39 is 12.7 Å².